The van der Waals surface area contributed by atoms with Gasteiger partial charge < -0.3 is 5.32 Å². The first-order valence-electron chi connectivity index (χ1n) is 6.37. The van der Waals surface area contributed by atoms with Crippen molar-refractivity contribution in [3.8, 4) is 0 Å². The summed E-state index contributed by atoms with van der Waals surface area (Å²) >= 11 is 0. The van der Waals surface area contributed by atoms with E-state index in [1.165, 1.54) is 6.20 Å². The molecule has 1 heterocycles. The maximum absolute atomic E-state index is 10.9. The number of nitro groups is 1. The fourth-order valence-corrected chi connectivity index (χ4v) is 1.86. The minimum atomic E-state index is -0.362. The summed E-state index contributed by atoms with van der Waals surface area (Å²) < 4.78 is 0. The number of aromatic nitrogens is 1. The van der Waals surface area contributed by atoms with Crippen molar-refractivity contribution in [3.05, 3.63) is 34.1 Å². The van der Waals surface area contributed by atoms with Crippen LogP contribution in [0.2, 0.25) is 0 Å². The molecule has 5 nitrogen and oxygen atoms in total. The molecule has 5 heteroatoms. The van der Waals surface area contributed by atoms with Crippen molar-refractivity contribution in [2.75, 3.05) is 6.54 Å². The lowest BCUT2D eigenvalue weighted by Crippen LogP contribution is -2.36. The van der Waals surface area contributed by atoms with Gasteiger partial charge in [0.15, 0.2) is 0 Å². The molecule has 1 aromatic rings. The topological polar surface area (TPSA) is 68.1 Å². The molecule has 0 saturated carbocycles. The average molecular weight is 251 g/mol. The van der Waals surface area contributed by atoms with Gasteiger partial charge in [-0.1, -0.05) is 20.8 Å². The number of rotatable bonds is 7. The largest absolute Gasteiger partial charge is 0.313 e. The number of nitrogens with zero attached hydrogens (tertiary/aromatic N) is 2. The van der Waals surface area contributed by atoms with Gasteiger partial charge in [0.25, 0.3) is 5.69 Å². The fraction of sp³-hybridized carbons (Fsp3) is 0.615. The average Bonchev–Trinajstić information content (AvgIpc) is 2.34. The van der Waals surface area contributed by atoms with E-state index in [9.17, 15) is 10.1 Å². The monoisotopic (exact) mass is 251 g/mol. The summed E-state index contributed by atoms with van der Waals surface area (Å²) in [4.78, 5) is 14.4. The van der Waals surface area contributed by atoms with Crippen LogP contribution in [-0.2, 0) is 6.42 Å². The summed E-state index contributed by atoms with van der Waals surface area (Å²) in [5.41, 5.74) is 0.860. The minimum absolute atomic E-state index is 0.112. The Morgan fingerprint density at radius 1 is 1.50 bits per heavy atom. The van der Waals surface area contributed by atoms with Gasteiger partial charge in [-0.25, -0.2) is 0 Å². The van der Waals surface area contributed by atoms with Gasteiger partial charge in [0.1, 0.15) is 6.20 Å². The maximum Gasteiger partial charge on any atom is 0.290 e. The molecule has 1 unspecified atom stereocenters. The molecule has 100 valence electrons. The van der Waals surface area contributed by atoms with Crippen LogP contribution in [0.4, 0.5) is 5.69 Å². The van der Waals surface area contributed by atoms with Crippen molar-refractivity contribution >= 4 is 5.69 Å². The standard InChI is InChI=1S/C13H21N3O2/c1-4-6-15-12(10(2)3)8-11-5-7-14-9-13(11)16(17)18/h5,7,9-10,12,15H,4,6,8H2,1-3H3. The van der Waals surface area contributed by atoms with E-state index in [2.05, 4.69) is 31.1 Å². The zero-order valence-electron chi connectivity index (χ0n) is 11.2. The summed E-state index contributed by atoms with van der Waals surface area (Å²) in [7, 11) is 0. The number of pyridine rings is 1. The van der Waals surface area contributed by atoms with Crippen molar-refractivity contribution < 1.29 is 4.92 Å². The van der Waals surface area contributed by atoms with Crippen LogP contribution in [0.15, 0.2) is 18.5 Å². The third-order valence-electron chi connectivity index (χ3n) is 2.99. The SMILES string of the molecule is CCCNC(Cc1ccncc1[N+](=O)[O-])C(C)C. The molecule has 1 aromatic heterocycles. The van der Waals surface area contributed by atoms with E-state index in [0.29, 0.717) is 12.3 Å². The van der Waals surface area contributed by atoms with Crippen LogP contribution in [0.3, 0.4) is 0 Å². The summed E-state index contributed by atoms with van der Waals surface area (Å²) in [6.45, 7) is 7.29. The summed E-state index contributed by atoms with van der Waals surface area (Å²) in [6, 6.07) is 1.99. The lowest BCUT2D eigenvalue weighted by molar-refractivity contribution is -0.385. The molecule has 0 aliphatic rings. The van der Waals surface area contributed by atoms with Gasteiger partial charge >= 0.3 is 0 Å². The molecule has 0 aromatic carbocycles. The molecule has 0 fully saturated rings. The molecule has 18 heavy (non-hydrogen) atoms. The maximum atomic E-state index is 10.9. The van der Waals surface area contributed by atoms with Gasteiger partial charge in [-0.2, -0.15) is 0 Å². The first-order chi connectivity index (χ1) is 8.56. The predicted molar refractivity (Wildman–Crippen MR) is 71.5 cm³/mol. The highest BCUT2D eigenvalue weighted by atomic mass is 16.6. The van der Waals surface area contributed by atoms with Gasteiger partial charge in [-0.15, -0.1) is 0 Å². The van der Waals surface area contributed by atoms with Crippen molar-refractivity contribution in [2.45, 2.75) is 39.7 Å². The van der Waals surface area contributed by atoms with E-state index in [4.69, 9.17) is 0 Å². The van der Waals surface area contributed by atoms with Crippen LogP contribution < -0.4 is 5.32 Å². The van der Waals surface area contributed by atoms with E-state index in [-0.39, 0.29) is 16.7 Å². The molecular formula is C13H21N3O2. The minimum Gasteiger partial charge on any atom is -0.313 e. The third kappa shape index (κ3) is 4.07. The van der Waals surface area contributed by atoms with Crippen molar-refractivity contribution in [3.63, 3.8) is 0 Å². The van der Waals surface area contributed by atoms with E-state index in [1.54, 1.807) is 12.3 Å². The summed E-state index contributed by atoms with van der Waals surface area (Å²) in [5.74, 6) is 0.435. The van der Waals surface area contributed by atoms with Gasteiger partial charge in [0, 0.05) is 17.8 Å². The first-order valence-corrected chi connectivity index (χ1v) is 6.37. The zero-order chi connectivity index (χ0) is 13.5. The second kappa shape index (κ2) is 7.06. The molecule has 0 aliphatic heterocycles. The molecular weight excluding hydrogens is 230 g/mol. The Balaban J connectivity index is 2.83. The highest BCUT2D eigenvalue weighted by Crippen LogP contribution is 2.20. The molecule has 0 bridgehead atoms. The van der Waals surface area contributed by atoms with Gasteiger partial charge in [0.05, 0.1) is 4.92 Å². The quantitative estimate of drug-likeness (QED) is 0.597. The molecule has 0 spiro atoms. The Morgan fingerprint density at radius 2 is 2.22 bits per heavy atom. The Hall–Kier alpha value is -1.49. The van der Waals surface area contributed by atoms with Gasteiger partial charge in [-0.05, 0) is 31.4 Å². The number of nitrogens with one attached hydrogen (secondary N) is 1. The molecule has 1 rings (SSSR count). The summed E-state index contributed by atoms with van der Waals surface area (Å²) in [6.07, 6.45) is 4.66. The van der Waals surface area contributed by atoms with E-state index in [1.807, 2.05) is 0 Å². The second-order valence-electron chi connectivity index (χ2n) is 4.77. The molecule has 1 atom stereocenters. The van der Waals surface area contributed by atoms with E-state index >= 15 is 0 Å². The number of hydrogen-bond donors (Lipinski definition) is 1. The molecule has 0 aliphatic carbocycles. The van der Waals surface area contributed by atoms with Crippen molar-refractivity contribution in [1.82, 2.24) is 10.3 Å². The van der Waals surface area contributed by atoms with Crippen molar-refractivity contribution in [2.24, 2.45) is 5.92 Å². The number of hydrogen-bond acceptors (Lipinski definition) is 4. The Labute approximate surface area is 108 Å². The smallest absolute Gasteiger partial charge is 0.290 e. The lowest BCUT2D eigenvalue weighted by Gasteiger charge is -2.22. The molecule has 0 amide bonds. The second-order valence-corrected chi connectivity index (χ2v) is 4.77. The molecule has 0 saturated heterocycles. The Morgan fingerprint density at radius 3 is 2.78 bits per heavy atom. The van der Waals surface area contributed by atoms with E-state index < -0.39 is 0 Å². The van der Waals surface area contributed by atoms with Crippen molar-refractivity contribution in [1.29, 1.82) is 0 Å². The fourth-order valence-electron chi connectivity index (χ4n) is 1.86. The lowest BCUT2D eigenvalue weighted by atomic mass is 9.96. The summed E-state index contributed by atoms with van der Waals surface area (Å²) in [5, 5.41) is 14.4. The predicted octanol–water partition coefficient (Wildman–Crippen LogP) is 2.56. The highest BCUT2D eigenvalue weighted by Gasteiger charge is 2.19. The van der Waals surface area contributed by atoms with Crippen LogP contribution in [0, 0.1) is 16.0 Å². The molecule has 0 radical (unpaired) electrons. The van der Waals surface area contributed by atoms with E-state index in [0.717, 1.165) is 18.5 Å². The third-order valence-corrected chi connectivity index (χ3v) is 2.99. The normalized spacial score (nSPS) is 12.7. The Bertz CT molecular complexity index is 394. The van der Waals surface area contributed by atoms with Crippen LogP contribution in [-0.4, -0.2) is 22.5 Å². The van der Waals surface area contributed by atoms with Gasteiger partial charge in [-0.3, -0.25) is 15.1 Å². The molecule has 1 N–H and O–H groups in total. The zero-order valence-corrected chi connectivity index (χ0v) is 11.2. The first kappa shape index (κ1) is 14.6. The van der Waals surface area contributed by atoms with Crippen LogP contribution in [0.25, 0.3) is 0 Å². The Kier molecular flexibility index (Phi) is 5.71. The van der Waals surface area contributed by atoms with Crippen LogP contribution in [0.1, 0.15) is 32.8 Å². The van der Waals surface area contributed by atoms with Gasteiger partial charge in [0.2, 0.25) is 0 Å². The van der Waals surface area contributed by atoms with Crippen LogP contribution in [0.5, 0.6) is 0 Å². The highest BCUT2D eigenvalue weighted by molar-refractivity contribution is 5.37. The van der Waals surface area contributed by atoms with Crippen LogP contribution >= 0.6 is 0 Å².